The normalized spacial score (nSPS) is 14.6. The van der Waals surface area contributed by atoms with Gasteiger partial charge in [-0.25, -0.2) is 0 Å². The van der Waals surface area contributed by atoms with Gasteiger partial charge in [-0.15, -0.1) is 0 Å². The van der Waals surface area contributed by atoms with Gasteiger partial charge in [-0.2, -0.15) is 0 Å². The number of hydrogen-bond donors (Lipinski definition) is 1. The number of unbranched alkanes of at least 4 members (excludes halogenated alkanes) is 16. The zero-order valence-electron chi connectivity index (χ0n) is 35.1. The van der Waals surface area contributed by atoms with E-state index < -0.39 is 0 Å². The van der Waals surface area contributed by atoms with Gasteiger partial charge in [0.25, 0.3) is 0 Å². The van der Waals surface area contributed by atoms with Crippen molar-refractivity contribution >= 4 is 17.8 Å². The van der Waals surface area contributed by atoms with Crippen LogP contribution in [0.2, 0.25) is 0 Å². The predicted molar refractivity (Wildman–Crippen MR) is 218 cm³/mol. The average Bonchev–Trinajstić information content (AvgIpc) is 3.15. The molecule has 1 amide bonds. The van der Waals surface area contributed by atoms with Gasteiger partial charge in [-0.3, -0.25) is 14.4 Å². The number of amides is 1. The minimum Gasteiger partial charge on any atom is -0.464 e. The molecule has 1 N–H and O–H groups in total. The largest absolute Gasteiger partial charge is 0.464 e. The molecule has 1 rings (SSSR count). The fraction of sp³-hybridized carbons (Fsp3) is 0.933. The van der Waals surface area contributed by atoms with Crippen molar-refractivity contribution < 1.29 is 28.8 Å². The fourth-order valence-electron chi connectivity index (χ4n) is 7.80. The van der Waals surface area contributed by atoms with Crippen molar-refractivity contribution in [3.8, 4) is 0 Å². The molecular formula is C45H87N2O5+. The minimum absolute atomic E-state index is 0.0541. The second-order valence-corrected chi connectivity index (χ2v) is 16.1. The molecule has 0 bridgehead atoms. The van der Waals surface area contributed by atoms with Gasteiger partial charge in [-0.05, 0) is 44.9 Å². The summed E-state index contributed by atoms with van der Waals surface area (Å²) >= 11 is 0. The molecule has 0 aliphatic carbocycles. The van der Waals surface area contributed by atoms with Crippen LogP contribution >= 0.6 is 0 Å². The van der Waals surface area contributed by atoms with Gasteiger partial charge in [0, 0.05) is 12.8 Å². The number of carbonyl (C=O) groups is 3. The molecule has 2 unspecified atom stereocenters. The lowest BCUT2D eigenvalue weighted by atomic mass is 9.94. The number of rotatable bonds is 36. The number of hydrogen-bond acceptors (Lipinski definition) is 5. The summed E-state index contributed by atoms with van der Waals surface area (Å²) in [6.45, 7) is 13.5. The van der Waals surface area contributed by atoms with Gasteiger partial charge in [0.15, 0.2) is 0 Å². The van der Waals surface area contributed by atoms with Crippen LogP contribution < -0.4 is 4.90 Å². The van der Waals surface area contributed by atoms with Gasteiger partial charge in [0.1, 0.15) is 13.2 Å². The zero-order valence-corrected chi connectivity index (χ0v) is 35.1. The first-order chi connectivity index (χ1) is 25.5. The van der Waals surface area contributed by atoms with Crippen LogP contribution in [0.5, 0.6) is 0 Å². The SMILES string of the molecule is CCCCCCCCC(CCCCCC)C(=O)OCCN(CCOC(=O)C(CCCCCC)CCCCCCCC)C(=O)CCC[NH+]1CCCCC1. The van der Waals surface area contributed by atoms with E-state index in [1.165, 1.54) is 122 Å². The van der Waals surface area contributed by atoms with Crippen LogP contribution in [0.1, 0.15) is 214 Å². The average molecular weight is 736 g/mol. The van der Waals surface area contributed by atoms with Crippen molar-refractivity contribution in [3.05, 3.63) is 0 Å². The summed E-state index contributed by atoms with van der Waals surface area (Å²) in [5.74, 6) is -0.227. The smallest absolute Gasteiger partial charge is 0.308 e. The summed E-state index contributed by atoms with van der Waals surface area (Å²) in [6.07, 6.45) is 32.7. The molecule has 0 spiro atoms. The van der Waals surface area contributed by atoms with Crippen molar-refractivity contribution in [3.63, 3.8) is 0 Å². The van der Waals surface area contributed by atoms with Crippen molar-refractivity contribution in [2.45, 2.75) is 214 Å². The van der Waals surface area contributed by atoms with Gasteiger partial charge < -0.3 is 19.3 Å². The lowest BCUT2D eigenvalue weighted by Gasteiger charge is -2.25. The molecule has 1 saturated heterocycles. The van der Waals surface area contributed by atoms with E-state index in [2.05, 4.69) is 27.7 Å². The van der Waals surface area contributed by atoms with E-state index >= 15 is 0 Å². The lowest BCUT2D eigenvalue weighted by molar-refractivity contribution is -0.905. The van der Waals surface area contributed by atoms with Crippen LogP contribution in [0.15, 0.2) is 0 Å². The molecule has 0 radical (unpaired) electrons. The Morgan fingerprint density at radius 1 is 0.500 bits per heavy atom. The maximum Gasteiger partial charge on any atom is 0.308 e. The standard InChI is InChI=1S/C45H86N2O5/c1-5-9-13-17-19-24-31-41(29-22-15-11-7-3)44(49)51-39-37-47(43(48)33-28-36-46-34-26-21-27-35-46)38-40-52-45(50)42(30-23-16-12-8-4)32-25-20-18-14-10-6-2/h41-42H,5-40H2,1-4H3/p+1. The van der Waals surface area contributed by atoms with Crippen LogP contribution in [0.4, 0.5) is 0 Å². The molecule has 0 saturated carbocycles. The number of nitrogens with zero attached hydrogens (tertiary/aromatic N) is 1. The Bertz CT molecular complexity index is 796. The molecule has 7 heteroatoms. The summed E-state index contributed by atoms with van der Waals surface area (Å²) in [5, 5.41) is 0. The van der Waals surface area contributed by atoms with Crippen molar-refractivity contribution in [2.24, 2.45) is 11.8 Å². The Labute approximate surface area is 322 Å². The van der Waals surface area contributed by atoms with Crippen LogP contribution in [0, 0.1) is 11.8 Å². The number of quaternary nitrogens is 1. The fourth-order valence-corrected chi connectivity index (χ4v) is 7.80. The van der Waals surface area contributed by atoms with Crippen LogP contribution in [0.25, 0.3) is 0 Å². The van der Waals surface area contributed by atoms with E-state index in [0.29, 0.717) is 19.5 Å². The molecule has 1 aliphatic heterocycles. The molecular weight excluding hydrogens is 649 g/mol. The lowest BCUT2D eigenvalue weighted by Crippen LogP contribution is -3.12. The quantitative estimate of drug-likeness (QED) is 0.0512. The van der Waals surface area contributed by atoms with Gasteiger partial charge >= 0.3 is 11.9 Å². The van der Waals surface area contributed by atoms with E-state index in [4.69, 9.17) is 9.47 Å². The molecule has 1 fully saturated rings. The second-order valence-electron chi connectivity index (χ2n) is 16.1. The highest BCUT2D eigenvalue weighted by Gasteiger charge is 2.23. The first kappa shape index (κ1) is 48.4. The molecule has 0 aromatic carbocycles. The van der Waals surface area contributed by atoms with Crippen molar-refractivity contribution in [2.75, 3.05) is 45.9 Å². The summed E-state index contributed by atoms with van der Waals surface area (Å²) in [4.78, 5) is 43.6. The topological polar surface area (TPSA) is 77.3 Å². The van der Waals surface area contributed by atoms with Crippen LogP contribution in [-0.4, -0.2) is 68.7 Å². The summed E-state index contributed by atoms with van der Waals surface area (Å²) in [7, 11) is 0. The number of piperidine rings is 1. The van der Waals surface area contributed by atoms with Gasteiger partial charge in [-0.1, -0.05) is 156 Å². The molecule has 0 aromatic rings. The minimum atomic E-state index is -0.0989. The maximum atomic E-state index is 13.5. The summed E-state index contributed by atoms with van der Waals surface area (Å²) in [6, 6.07) is 0. The van der Waals surface area contributed by atoms with Crippen molar-refractivity contribution in [1.82, 2.24) is 4.90 Å². The monoisotopic (exact) mass is 736 g/mol. The molecule has 7 nitrogen and oxygen atoms in total. The highest BCUT2D eigenvalue weighted by atomic mass is 16.5. The molecule has 1 aliphatic rings. The van der Waals surface area contributed by atoms with Crippen molar-refractivity contribution in [1.29, 1.82) is 0 Å². The third kappa shape index (κ3) is 26.2. The molecule has 1 heterocycles. The molecule has 306 valence electrons. The Morgan fingerprint density at radius 3 is 1.27 bits per heavy atom. The predicted octanol–water partition coefficient (Wildman–Crippen LogP) is 10.4. The van der Waals surface area contributed by atoms with E-state index in [1.54, 1.807) is 9.80 Å². The third-order valence-corrected chi connectivity index (χ3v) is 11.3. The Balaban J connectivity index is 2.76. The van der Waals surface area contributed by atoms with E-state index in [0.717, 1.165) is 77.2 Å². The number of carbonyl (C=O) groups excluding carboxylic acids is 3. The third-order valence-electron chi connectivity index (χ3n) is 11.3. The van der Waals surface area contributed by atoms with Crippen LogP contribution in [-0.2, 0) is 23.9 Å². The summed E-state index contributed by atoms with van der Waals surface area (Å²) in [5.41, 5.74) is 0. The Morgan fingerprint density at radius 2 is 0.865 bits per heavy atom. The highest BCUT2D eigenvalue weighted by Crippen LogP contribution is 2.22. The molecule has 0 aromatic heterocycles. The first-order valence-electron chi connectivity index (χ1n) is 22.9. The maximum absolute atomic E-state index is 13.5. The van der Waals surface area contributed by atoms with E-state index in [1.807, 2.05) is 0 Å². The highest BCUT2D eigenvalue weighted by molar-refractivity contribution is 5.76. The molecule has 52 heavy (non-hydrogen) atoms. The van der Waals surface area contributed by atoms with E-state index in [-0.39, 0.29) is 42.9 Å². The number of ether oxygens (including phenoxy) is 2. The first-order valence-corrected chi connectivity index (χ1v) is 22.9. The number of esters is 2. The Hall–Kier alpha value is -1.63. The number of nitrogens with one attached hydrogen (secondary N) is 1. The zero-order chi connectivity index (χ0) is 37.9. The van der Waals surface area contributed by atoms with E-state index in [9.17, 15) is 14.4 Å². The number of likely N-dealkylation sites (tertiary alicyclic amines) is 1. The second kappa shape index (κ2) is 35.1. The molecule has 2 atom stereocenters. The summed E-state index contributed by atoms with van der Waals surface area (Å²) < 4.78 is 11.8. The van der Waals surface area contributed by atoms with Gasteiger partial charge in [0.05, 0.1) is 44.6 Å². The van der Waals surface area contributed by atoms with Crippen LogP contribution in [0.3, 0.4) is 0 Å². The van der Waals surface area contributed by atoms with Gasteiger partial charge in [0.2, 0.25) is 5.91 Å². The Kier molecular flexibility index (Phi) is 32.7.